The number of hydrogen-bond acceptors (Lipinski definition) is 2. The second kappa shape index (κ2) is 7.28. The molecule has 1 aromatic rings. The van der Waals surface area contributed by atoms with E-state index in [1.54, 1.807) is 0 Å². The molecule has 0 radical (unpaired) electrons. The lowest BCUT2D eigenvalue weighted by Gasteiger charge is -2.31. The SMILES string of the molecule is Cc1cccc(C2(CNC(=O)C3CC34CCNCC4)CCCC2)c1.Cl. The van der Waals surface area contributed by atoms with Crippen LogP contribution in [0, 0.1) is 18.3 Å². The maximum atomic E-state index is 12.7. The van der Waals surface area contributed by atoms with Gasteiger partial charge in [-0.1, -0.05) is 42.7 Å². The van der Waals surface area contributed by atoms with Gasteiger partial charge in [-0.05, 0) is 63.1 Å². The van der Waals surface area contributed by atoms with Crippen LogP contribution in [0.4, 0.5) is 0 Å². The number of nitrogens with one attached hydrogen (secondary N) is 2. The van der Waals surface area contributed by atoms with Crippen molar-refractivity contribution >= 4 is 18.3 Å². The molecule has 3 nitrogen and oxygen atoms in total. The van der Waals surface area contributed by atoms with Crippen LogP contribution in [0.15, 0.2) is 24.3 Å². The van der Waals surface area contributed by atoms with Crippen molar-refractivity contribution in [3.8, 4) is 0 Å². The molecule has 1 heterocycles. The quantitative estimate of drug-likeness (QED) is 0.856. The van der Waals surface area contributed by atoms with Gasteiger partial charge in [0.05, 0.1) is 0 Å². The minimum Gasteiger partial charge on any atom is -0.355 e. The Labute approximate surface area is 157 Å². The minimum atomic E-state index is 0. The van der Waals surface area contributed by atoms with Crippen molar-refractivity contribution in [1.29, 1.82) is 0 Å². The van der Waals surface area contributed by atoms with Gasteiger partial charge < -0.3 is 10.6 Å². The molecule has 1 spiro atoms. The molecule has 0 aromatic heterocycles. The molecule has 3 aliphatic rings. The molecule has 0 bridgehead atoms. The molecule has 1 atom stereocenters. The van der Waals surface area contributed by atoms with Crippen molar-refractivity contribution in [3.05, 3.63) is 35.4 Å². The second-order valence-corrected chi connectivity index (χ2v) is 8.44. The molecule has 1 aromatic carbocycles. The molecule has 2 aliphatic carbocycles. The Morgan fingerprint density at radius 2 is 1.92 bits per heavy atom. The number of rotatable bonds is 4. The van der Waals surface area contributed by atoms with Gasteiger partial charge in [0.15, 0.2) is 0 Å². The van der Waals surface area contributed by atoms with Crippen LogP contribution >= 0.6 is 12.4 Å². The van der Waals surface area contributed by atoms with E-state index in [0.29, 0.717) is 11.3 Å². The summed E-state index contributed by atoms with van der Waals surface area (Å²) in [5.41, 5.74) is 3.24. The molecular weight excluding hydrogens is 332 g/mol. The van der Waals surface area contributed by atoms with Crippen LogP contribution in [0.3, 0.4) is 0 Å². The van der Waals surface area contributed by atoms with E-state index in [4.69, 9.17) is 0 Å². The fourth-order valence-electron chi connectivity index (χ4n) is 5.17. The van der Waals surface area contributed by atoms with Crippen molar-refractivity contribution in [2.24, 2.45) is 11.3 Å². The van der Waals surface area contributed by atoms with E-state index >= 15 is 0 Å². The summed E-state index contributed by atoms with van der Waals surface area (Å²) < 4.78 is 0. The number of carbonyl (C=O) groups is 1. The Balaban J connectivity index is 0.00000182. The van der Waals surface area contributed by atoms with E-state index in [2.05, 4.69) is 41.8 Å². The lowest BCUT2D eigenvalue weighted by molar-refractivity contribution is -0.123. The first-order valence-corrected chi connectivity index (χ1v) is 9.69. The van der Waals surface area contributed by atoms with Crippen molar-refractivity contribution in [2.75, 3.05) is 19.6 Å². The Morgan fingerprint density at radius 3 is 2.60 bits per heavy atom. The van der Waals surface area contributed by atoms with E-state index in [1.807, 2.05) is 0 Å². The van der Waals surface area contributed by atoms with Gasteiger partial charge in [-0.15, -0.1) is 12.4 Å². The highest BCUT2D eigenvalue weighted by Gasteiger charge is 2.57. The molecule has 1 saturated heterocycles. The monoisotopic (exact) mass is 362 g/mol. The van der Waals surface area contributed by atoms with Crippen molar-refractivity contribution in [1.82, 2.24) is 10.6 Å². The fraction of sp³-hybridized carbons (Fsp3) is 0.667. The highest BCUT2D eigenvalue weighted by molar-refractivity contribution is 5.85. The predicted octanol–water partition coefficient (Wildman–Crippen LogP) is 3.73. The number of piperidine rings is 1. The lowest BCUT2D eigenvalue weighted by atomic mass is 9.78. The summed E-state index contributed by atoms with van der Waals surface area (Å²) in [4.78, 5) is 12.7. The van der Waals surface area contributed by atoms with Gasteiger partial charge in [-0.2, -0.15) is 0 Å². The zero-order chi connectivity index (χ0) is 16.6. The van der Waals surface area contributed by atoms with Crippen LogP contribution in [0.5, 0.6) is 0 Å². The summed E-state index contributed by atoms with van der Waals surface area (Å²) in [7, 11) is 0. The van der Waals surface area contributed by atoms with E-state index in [0.717, 1.165) is 26.1 Å². The first-order chi connectivity index (χ1) is 11.6. The Hall–Kier alpha value is -1.06. The summed E-state index contributed by atoms with van der Waals surface area (Å²) in [5, 5.41) is 6.78. The number of benzene rings is 1. The van der Waals surface area contributed by atoms with Gasteiger partial charge in [0.1, 0.15) is 0 Å². The van der Waals surface area contributed by atoms with Crippen LogP contribution in [0.25, 0.3) is 0 Å². The fourth-order valence-corrected chi connectivity index (χ4v) is 5.17. The van der Waals surface area contributed by atoms with Crippen molar-refractivity contribution < 1.29 is 4.79 Å². The lowest BCUT2D eigenvalue weighted by Crippen LogP contribution is -2.41. The third-order valence-corrected chi connectivity index (χ3v) is 6.90. The van der Waals surface area contributed by atoms with E-state index in [1.165, 1.54) is 49.7 Å². The van der Waals surface area contributed by atoms with E-state index in [9.17, 15) is 4.79 Å². The topological polar surface area (TPSA) is 41.1 Å². The summed E-state index contributed by atoms with van der Waals surface area (Å²) in [6.45, 7) is 5.14. The van der Waals surface area contributed by atoms with E-state index in [-0.39, 0.29) is 23.7 Å². The van der Waals surface area contributed by atoms with E-state index < -0.39 is 0 Å². The summed E-state index contributed by atoms with van der Waals surface area (Å²) >= 11 is 0. The molecule has 4 rings (SSSR count). The largest absolute Gasteiger partial charge is 0.355 e. The average molecular weight is 363 g/mol. The van der Waals surface area contributed by atoms with Crippen LogP contribution in [-0.4, -0.2) is 25.5 Å². The molecular formula is C21H31ClN2O. The number of aryl methyl sites for hydroxylation is 1. The minimum absolute atomic E-state index is 0. The number of halogens is 1. The zero-order valence-corrected chi connectivity index (χ0v) is 16.1. The smallest absolute Gasteiger partial charge is 0.223 e. The molecule has 138 valence electrons. The Kier molecular flexibility index (Phi) is 5.45. The van der Waals surface area contributed by atoms with Gasteiger partial charge >= 0.3 is 0 Å². The number of amides is 1. The molecule has 1 aliphatic heterocycles. The van der Waals surface area contributed by atoms with Gasteiger partial charge in [-0.3, -0.25) is 4.79 Å². The molecule has 1 unspecified atom stereocenters. The number of carbonyl (C=O) groups excluding carboxylic acids is 1. The normalized spacial score (nSPS) is 26.0. The van der Waals surface area contributed by atoms with Crippen molar-refractivity contribution in [2.45, 2.75) is 57.3 Å². The van der Waals surface area contributed by atoms with Gasteiger partial charge in [-0.25, -0.2) is 0 Å². The van der Waals surface area contributed by atoms with Crippen molar-refractivity contribution in [3.63, 3.8) is 0 Å². The predicted molar refractivity (Wildman–Crippen MR) is 104 cm³/mol. The van der Waals surface area contributed by atoms with Crippen LogP contribution in [0.1, 0.15) is 56.1 Å². The summed E-state index contributed by atoms with van der Waals surface area (Å²) in [5.74, 6) is 0.589. The van der Waals surface area contributed by atoms with Crippen LogP contribution < -0.4 is 10.6 Å². The van der Waals surface area contributed by atoms with Gasteiger partial charge in [0.2, 0.25) is 5.91 Å². The molecule has 4 heteroatoms. The average Bonchev–Trinajstić information content (AvgIpc) is 3.07. The summed E-state index contributed by atoms with van der Waals surface area (Å²) in [6, 6.07) is 8.91. The standard InChI is InChI=1S/C21H30N2O.ClH/c1-16-5-4-6-17(13-16)21(7-2-3-8-21)15-23-19(24)18-14-20(18)9-11-22-12-10-20;/h4-6,13,18,22H,2-3,7-12,14-15H2,1H3,(H,23,24);1H. The second-order valence-electron chi connectivity index (χ2n) is 8.44. The molecule has 25 heavy (non-hydrogen) atoms. The molecule has 1 amide bonds. The first kappa shape index (κ1) is 18.7. The third kappa shape index (κ3) is 3.59. The molecule has 3 fully saturated rings. The zero-order valence-electron chi connectivity index (χ0n) is 15.3. The molecule has 2 N–H and O–H groups in total. The third-order valence-electron chi connectivity index (χ3n) is 6.90. The Bertz CT molecular complexity index is 618. The highest BCUT2D eigenvalue weighted by Crippen LogP contribution is 2.58. The maximum absolute atomic E-state index is 12.7. The van der Waals surface area contributed by atoms with Crippen LogP contribution in [-0.2, 0) is 10.2 Å². The highest BCUT2D eigenvalue weighted by atomic mass is 35.5. The Morgan fingerprint density at radius 1 is 1.20 bits per heavy atom. The number of hydrogen-bond donors (Lipinski definition) is 2. The first-order valence-electron chi connectivity index (χ1n) is 9.69. The van der Waals surface area contributed by atoms with Gasteiger partial charge in [0, 0.05) is 17.9 Å². The van der Waals surface area contributed by atoms with Gasteiger partial charge in [0.25, 0.3) is 0 Å². The summed E-state index contributed by atoms with van der Waals surface area (Å²) in [6.07, 6.45) is 8.43. The van der Waals surface area contributed by atoms with Crippen LogP contribution in [0.2, 0.25) is 0 Å². The maximum Gasteiger partial charge on any atom is 0.223 e. The molecule has 2 saturated carbocycles.